The predicted molar refractivity (Wildman–Crippen MR) is 74.3 cm³/mol. The largest absolute Gasteiger partial charge is 0.458 e. The van der Waals surface area contributed by atoms with Gasteiger partial charge in [-0.15, -0.1) is 0 Å². The van der Waals surface area contributed by atoms with Gasteiger partial charge in [-0.25, -0.2) is 4.79 Å². The summed E-state index contributed by atoms with van der Waals surface area (Å²) in [5, 5.41) is 2.58. The molecule has 1 saturated heterocycles. The lowest BCUT2D eigenvalue weighted by Crippen LogP contribution is -2.49. The number of alkyl carbamates (subject to hydrolysis) is 1. The van der Waals surface area contributed by atoms with Gasteiger partial charge >= 0.3 is 12.1 Å². The van der Waals surface area contributed by atoms with Crippen molar-refractivity contribution in [2.24, 2.45) is 0 Å². The van der Waals surface area contributed by atoms with Gasteiger partial charge in [0.05, 0.1) is 0 Å². The van der Waals surface area contributed by atoms with E-state index in [1.807, 2.05) is 30.3 Å². The predicted octanol–water partition coefficient (Wildman–Crippen LogP) is 1.98. The van der Waals surface area contributed by atoms with Gasteiger partial charge in [0.1, 0.15) is 12.7 Å². The molecule has 1 amide bonds. The van der Waals surface area contributed by atoms with E-state index < -0.39 is 24.4 Å². The minimum absolute atomic E-state index is 0.178. The Kier molecular flexibility index (Phi) is 5.57. The molecule has 0 unspecified atom stereocenters. The highest BCUT2D eigenvalue weighted by Gasteiger charge is 2.30. The van der Waals surface area contributed by atoms with Crippen LogP contribution in [0.15, 0.2) is 30.3 Å². The van der Waals surface area contributed by atoms with Gasteiger partial charge in [0.25, 0.3) is 0 Å². The lowest BCUT2D eigenvalue weighted by Gasteiger charge is -2.31. The van der Waals surface area contributed by atoms with Gasteiger partial charge in [-0.3, -0.25) is 10.1 Å². The molecule has 0 bridgehead atoms. The standard InChI is InChI=1S/C15H19NO5/c1-11(17)21-13-8-5-9-19-14(13)16-15(18)20-10-12-6-3-2-4-7-12/h2-4,6-7,13-14H,5,8-10H2,1H3,(H,16,18)/t13-,14-/m0/s1. The zero-order valence-electron chi connectivity index (χ0n) is 11.9. The van der Waals surface area contributed by atoms with Crippen molar-refractivity contribution in [2.75, 3.05) is 6.61 Å². The summed E-state index contributed by atoms with van der Waals surface area (Å²) in [5.74, 6) is -0.394. The van der Waals surface area contributed by atoms with Gasteiger partial charge in [0.15, 0.2) is 6.23 Å². The highest BCUT2D eigenvalue weighted by atomic mass is 16.6. The van der Waals surface area contributed by atoms with Crippen LogP contribution in [0, 0.1) is 0 Å². The van der Waals surface area contributed by atoms with E-state index in [0.29, 0.717) is 13.0 Å². The molecule has 114 valence electrons. The van der Waals surface area contributed by atoms with Crippen molar-refractivity contribution in [1.82, 2.24) is 5.32 Å². The number of esters is 1. The maximum atomic E-state index is 11.8. The van der Waals surface area contributed by atoms with E-state index in [2.05, 4.69) is 5.32 Å². The van der Waals surface area contributed by atoms with Crippen LogP contribution in [0.2, 0.25) is 0 Å². The average molecular weight is 293 g/mol. The van der Waals surface area contributed by atoms with Gasteiger partial charge < -0.3 is 14.2 Å². The molecule has 1 aromatic rings. The Labute approximate surface area is 123 Å². The Morgan fingerprint density at radius 2 is 2.10 bits per heavy atom. The van der Waals surface area contributed by atoms with E-state index in [4.69, 9.17) is 14.2 Å². The number of nitrogens with one attached hydrogen (secondary N) is 1. The summed E-state index contributed by atoms with van der Waals surface area (Å²) in [7, 11) is 0. The quantitative estimate of drug-likeness (QED) is 0.859. The monoisotopic (exact) mass is 293 g/mol. The Morgan fingerprint density at radius 3 is 2.81 bits per heavy atom. The third kappa shape index (κ3) is 5.07. The van der Waals surface area contributed by atoms with Gasteiger partial charge in [-0.2, -0.15) is 0 Å². The van der Waals surface area contributed by atoms with Crippen molar-refractivity contribution in [2.45, 2.75) is 38.7 Å². The summed E-state index contributed by atoms with van der Waals surface area (Å²) in [6.45, 7) is 2.03. The molecule has 1 aliphatic rings. The highest BCUT2D eigenvalue weighted by molar-refractivity contribution is 5.68. The fourth-order valence-electron chi connectivity index (χ4n) is 2.10. The number of ether oxygens (including phenoxy) is 3. The minimum atomic E-state index is -0.661. The summed E-state index contributed by atoms with van der Waals surface area (Å²) >= 11 is 0. The molecule has 0 saturated carbocycles. The minimum Gasteiger partial charge on any atom is -0.458 e. The fourth-order valence-corrected chi connectivity index (χ4v) is 2.10. The van der Waals surface area contributed by atoms with Gasteiger partial charge in [-0.1, -0.05) is 30.3 Å². The van der Waals surface area contributed by atoms with Gasteiger partial charge in [0, 0.05) is 13.5 Å². The van der Waals surface area contributed by atoms with Crippen LogP contribution in [0.25, 0.3) is 0 Å². The van der Waals surface area contributed by atoms with Crippen LogP contribution < -0.4 is 5.32 Å². The average Bonchev–Trinajstić information content (AvgIpc) is 2.48. The summed E-state index contributed by atoms with van der Waals surface area (Å²) in [6, 6.07) is 9.37. The number of hydrogen-bond acceptors (Lipinski definition) is 5. The summed E-state index contributed by atoms with van der Waals surface area (Å²) < 4.78 is 15.7. The molecule has 2 rings (SSSR count). The number of rotatable bonds is 4. The van der Waals surface area contributed by atoms with Crippen molar-refractivity contribution < 1.29 is 23.8 Å². The molecule has 0 spiro atoms. The SMILES string of the molecule is CC(=O)O[C@H]1CCCO[C@@H]1NC(=O)OCc1ccccc1. The molecule has 1 aliphatic heterocycles. The molecule has 0 aliphatic carbocycles. The van der Waals surface area contributed by atoms with E-state index in [1.165, 1.54) is 6.92 Å². The van der Waals surface area contributed by atoms with Gasteiger partial charge in [0.2, 0.25) is 0 Å². The van der Waals surface area contributed by atoms with Crippen LogP contribution in [0.4, 0.5) is 4.79 Å². The summed E-state index contributed by atoms with van der Waals surface area (Å²) in [5.41, 5.74) is 0.897. The van der Waals surface area contributed by atoms with E-state index in [9.17, 15) is 9.59 Å². The topological polar surface area (TPSA) is 73.9 Å². The Hall–Kier alpha value is -2.08. The first kappa shape index (κ1) is 15.3. The van der Waals surface area contributed by atoms with Crippen LogP contribution in [0.1, 0.15) is 25.3 Å². The number of carbonyl (C=O) groups is 2. The Morgan fingerprint density at radius 1 is 1.33 bits per heavy atom. The smallest absolute Gasteiger partial charge is 0.409 e. The number of amides is 1. The number of benzene rings is 1. The van der Waals surface area contributed by atoms with E-state index in [0.717, 1.165) is 12.0 Å². The van der Waals surface area contributed by atoms with E-state index in [-0.39, 0.29) is 6.61 Å². The Bertz CT molecular complexity index is 476. The van der Waals surface area contributed by atoms with E-state index >= 15 is 0 Å². The number of carbonyl (C=O) groups excluding carboxylic acids is 2. The maximum absolute atomic E-state index is 11.8. The first-order valence-electron chi connectivity index (χ1n) is 6.91. The van der Waals surface area contributed by atoms with Crippen molar-refractivity contribution in [3.8, 4) is 0 Å². The molecular formula is C15H19NO5. The molecule has 1 fully saturated rings. The normalized spacial score (nSPS) is 21.4. The molecule has 1 heterocycles. The summed E-state index contributed by atoms with van der Waals surface area (Å²) in [4.78, 5) is 22.8. The van der Waals surface area contributed by atoms with Crippen molar-refractivity contribution >= 4 is 12.1 Å². The van der Waals surface area contributed by atoms with Crippen LogP contribution in [0.3, 0.4) is 0 Å². The first-order chi connectivity index (χ1) is 10.1. The second-order valence-electron chi connectivity index (χ2n) is 4.79. The number of hydrogen-bond donors (Lipinski definition) is 1. The third-order valence-corrected chi connectivity index (χ3v) is 3.06. The highest BCUT2D eigenvalue weighted by Crippen LogP contribution is 2.16. The molecule has 6 nitrogen and oxygen atoms in total. The first-order valence-corrected chi connectivity index (χ1v) is 6.91. The van der Waals surface area contributed by atoms with Crippen LogP contribution in [-0.4, -0.2) is 31.0 Å². The molecule has 2 atom stereocenters. The molecular weight excluding hydrogens is 274 g/mol. The van der Waals surface area contributed by atoms with Crippen LogP contribution in [-0.2, 0) is 25.6 Å². The molecule has 1 N–H and O–H groups in total. The van der Waals surface area contributed by atoms with Crippen LogP contribution >= 0.6 is 0 Å². The molecule has 0 aromatic heterocycles. The van der Waals surface area contributed by atoms with Crippen molar-refractivity contribution in [3.05, 3.63) is 35.9 Å². The van der Waals surface area contributed by atoms with Gasteiger partial charge in [-0.05, 0) is 18.4 Å². The second-order valence-corrected chi connectivity index (χ2v) is 4.79. The van der Waals surface area contributed by atoms with Crippen molar-refractivity contribution in [3.63, 3.8) is 0 Å². The summed E-state index contributed by atoms with van der Waals surface area (Å²) in [6.07, 6.45) is -0.285. The second kappa shape index (κ2) is 7.64. The third-order valence-electron chi connectivity index (χ3n) is 3.06. The maximum Gasteiger partial charge on any atom is 0.409 e. The molecule has 1 aromatic carbocycles. The molecule has 6 heteroatoms. The zero-order valence-corrected chi connectivity index (χ0v) is 11.9. The van der Waals surface area contributed by atoms with E-state index in [1.54, 1.807) is 0 Å². The fraction of sp³-hybridized carbons (Fsp3) is 0.467. The lowest BCUT2D eigenvalue weighted by atomic mass is 10.1. The molecule has 21 heavy (non-hydrogen) atoms. The Balaban J connectivity index is 1.81. The van der Waals surface area contributed by atoms with Crippen molar-refractivity contribution in [1.29, 1.82) is 0 Å². The zero-order chi connectivity index (χ0) is 15.1. The lowest BCUT2D eigenvalue weighted by molar-refractivity contribution is -0.163. The molecule has 0 radical (unpaired) electrons. The van der Waals surface area contributed by atoms with Crippen LogP contribution in [0.5, 0.6) is 0 Å².